The Morgan fingerprint density at radius 3 is 2.86 bits per heavy atom. The highest BCUT2D eigenvalue weighted by molar-refractivity contribution is 7.89. The van der Waals surface area contributed by atoms with Gasteiger partial charge >= 0.3 is 0 Å². The van der Waals surface area contributed by atoms with E-state index in [2.05, 4.69) is 4.98 Å². The Balaban J connectivity index is 1.94. The second-order valence-corrected chi connectivity index (χ2v) is 6.57. The zero-order valence-corrected chi connectivity index (χ0v) is 11.7. The summed E-state index contributed by atoms with van der Waals surface area (Å²) in [5, 5.41) is 10.8. The summed E-state index contributed by atoms with van der Waals surface area (Å²) >= 11 is 0. The molecule has 9 heteroatoms. The first kappa shape index (κ1) is 13.7. The largest absolute Gasteiger partial charge is 0.333 e. The second-order valence-electron chi connectivity index (χ2n) is 4.63. The molecule has 0 saturated heterocycles. The van der Waals surface area contributed by atoms with Gasteiger partial charge in [0.1, 0.15) is 5.82 Å². The molecule has 8 nitrogen and oxygen atoms in total. The number of hydrogen-bond acceptors (Lipinski definition) is 5. The molecule has 0 bridgehead atoms. The Labute approximate surface area is 120 Å². The summed E-state index contributed by atoms with van der Waals surface area (Å²) in [6.07, 6.45) is 3.42. The molecule has 3 rings (SSSR count). The summed E-state index contributed by atoms with van der Waals surface area (Å²) in [5.74, 6) is 0.662. The van der Waals surface area contributed by atoms with E-state index < -0.39 is 14.9 Å². The van der Waals surface area contributed by atoms with Crippen LogP contribution >= 0.6 is 0 Å². The van der Waals surface area contributed by atoms with Crippen LogP contribution in [-0.2, 0) is 23.1 Å². The number of benzene rings is 1. The van der Waals surface area contributed by atoms with Crippen LogP contribution in [0.5, 0.6) is 0 Å². The van der Waals surface area contributed by atoms with Crippen LogP contribution in [0.4, 0.5) is 5.69 Å². The standard InChI is InChI=1S/C12H12N4O4S/c17-16(18)10-2-1-3-11(8-10)21(19,20)15-7-6-14-5-4-13-12(14)9-15/h1-5,8H,6-7,9H2. The second kappa shape index (κ2) is 4.93. The molecule has 110 valence electrons. The van der Waals surface area contributed by atoms with Crippen molar-refractivity contribution in [2.24, 2.45) is 0 Å². The quantitative estimate of drug-likeness (QED) is 0.622. The summed E-state index contributed by atoms with van der Waals surface area (Å²) < 4.78 is 28.3. The number of aromatic nitrogens is 2. The molecular weight excluding hydrogens is 296 g/mol. The zero-order chi connectivity index (χ0) is 15.0. The van der Waals surface area contributed by atoms with Gasteiger partial charge in [-0.15, -0.1) is 0 Å². The molecule has 0 saturated carbocycles. The van der Waals surface area contributed by atoms with Crippen molar-refractivity contribution in [2.45, 2.75) is 18.0 Å². The Kier molecular flexibility index (Phi) is 3.22. The van der Waals surface area contributed by atoms with Gasteiger partial charge < -0.3 is 4.57 Å². The first-order valence-electron chi connectivity index (χ1n) is 6.23. The van der Waals surface area contributed by atoms with Gasteiger partial charge in [-0.3, -0.25) is 10.1 Å². The van der Waals surface area contributed by atoms with Crippen LogP contribution in [0.1, 0.15) is 5.82 Å². The molecule has 21 heavy (non-hydrogen) atoms. The van der Waals surface area contributed by atoms with E-state index in [9.17, 15) is 18.5 Å². The fourth-order valence-corrected chi connectivity index (χ4v) is 3.69. The maximum Gasteiger partial charge on any atom is 0.270 e. The van der Waals surface area contributed by atoms with Crippen molar-refractivity contribution in [3.05, 3.63) is 52.6 Å². The van der Waals surface area contributed by atoms with Gasteiger partial charge in [0.15, 0.2) is 0 Å². The van der Waals surface area contributed by atoms with Crippen molar-refractivity contribution in [1.29, 1.82) is 0 Å². The fraction of sp³-hybridized carbons (Fsp3) is 0.250. The van der Waals surface area contributed by atoms with Crippen LogP contribution in [-0.4, -0.2) is 33.7 Å². The van der Waals surface area contributed by atoms with Crippen molar-refractivity contribution < 1.29 is 13.3 Å². The van der Waals surface area contributed by atoms with Crippen molar-refractivity contribution in [3.63, 3.8) is 0 Å². The third-order valence-electron chi connectivity index (χ3n) is 3.38. The van der Waals surface area contributed by atoms with E-state index >= 15 is 0 Å². The molecule has 0 unspecified atom stereocenters. The maximum absolute atomic E-state index is 12.6. The highest BCUT2D eigenvalue weighted by Gasteiger charge is 2.29. The summed E-state index contributed by atoms with van der Waals surface area (Å²) in [6.45, 7) is 0.996. The Morgan fingerprint density at radius 2 is 2.10 bits per heavy atom. The molecule has 1 aromatic carbocycles. The average Bonchev–Trinajstić information content (AvgIpc) is 2.94. The van der Waals surface area contributed by atoms with Crippen LogP contribution < -0.4 is 0 Å². The molecule has 1 aliphatic rings. The summed E-state index contributed by atoms with van der Waals surface area (Å²) in [5.41, 5.74) is -0.241. The SMILES string of the molecule is O=[N+]([O-])c1cccc(S(=O)(=O)N2CCn3ccnc3C2)c1. The van der Waals surface area contributed by atoms with Gasteiger partial charge in [-0.05, 0) is 6.07 Å². The van der Waals surface area contributed by atoms with Crippen molar-refractivity contribution in [2.75, 3.05) is 6.54 Å². The molecule has 0 aliphatic carbocycles. The van der Waals surface area contributed by atoms with E-state index in [1.54, 1.807) is 12.4 Å². The number of sulfonamides is 1. The number of nitrogens with zero attached hydrogens (tertiary/aromatic N) is 4. The number of non-ortho nitro benzene ring substituents is 1. The lowest BCUT2D eigenvalue weighted by Gasteiger charge is -2.26. The minimum atomic E-state index is -3.76. The van der Waals surface area contributed by atoms with Crippen molar-refractivity contribution in [3.8, 4) is 0 Å². The highest BCUT2D eigenvalue weighted by Crippen LogP contribution is 2.23. The molecule has 0 radical (unpaired) electrons. The number of hydrogen-bond donors (Lipinski definition) is 0. The smallest absolute Gasteiger partial charge is 0.270 e. The lowest BCUT2D eigenvalue weighted by Crippen LogP contribution is -2.38. The van der Waals surface area contributed by atoms with Crippen LogP contribution in [0.25, 0.3) is 0 Å². The molecule has 0 atom stereocenters. The number of imidazole rings is 1. The van der Waals surface area contributed by atoms with Gasteiger partial charge in [0.2, 0.25) is 10.0 Å². The van der Waals surface area contributed by atoms with Crippen LogP contribution in [0.15, 0.2) is 41.6 Å². The van der Waals surface area contributed by atoms with E-state index in [1.807, 2.05) is 4.57 Å². The third kappa shape index (κ3) is 2.41. The Morgan fingerprint density at radius 1 is 1.29 bits per heavy atom. The van der Waals surface area contributed by atoms with Crippen LogP contribution in [0.3, 0.4) is 0 Å². The highest BCUT2D eigenvalue weighted by atomic mass is 32.2. The predicted molar refractivity (Wildman–Crippen MR) is 72.9 cm³/mol. The lowest BCUT2D eigenvalue weighted by molar-refractivity contribution is -0.385. The normalized spacial score (nSPS) is 15.6. The minimum Gasteiger partial charge on any atom is -0.333 e. The molecule has 2 heterocycles. The number of nitro benzene ring substituents is 1. The predicted octanol–water partition coefficient (Wildman–Crippen LogP) is 0.996. The molecule has 0 fully saturated rings. The average molecular weight is 308 g/mol. The number of nitro groups is 1. The third-order valence-corrected chi connectivity index (χ3v) is 5.22. The van der Waals surface area contributed by atoms with Gasteiger partial charge in [-0.25, -0.2) is 13.4 Å². The summed E-state index contributed by atoms with van der Waals surface area (Å²) in [4.78, 5) is 14.2. The Bertz CT molecular complexity index is 799. The van der Waals surface area contributed by atoms with E-state index in [-0.39, 0.29) is 17.1 Å². The number of rotatable bonds is 3. The maximum atomic E-state index is 12.6. The van der Waals surface area contributed by atoms with Gasteiger partial charge in [-0.1, -0.05) is 6.07 Å². The van der Waals surface area contributed by atoms with Crippen LogP contribution in [0.2, 0.25) is 0 Å². The van der Waals surface area contributed by atoms with E-state index in [0.717, 1.165) is 6.07 Å². The van der Waals surface area contributed by atoms with E-state index in [0.29, 0.717) is 18.9 Å². The lowest BCUT2D eigenvalue weighted by atomic mass is 10.3. The van der Waals surface area contributed by atoms with Gasteiger partial charge in [0, 0.05) is 37.6 Å². The van der Waals surface area contributed by atoms with Crippen molar-refractivity contribution >= 4 is 15.7 Å². The van der Waals surface area contributed by atoms with Crippen LogP contribution in [0, 0.1) is 10.1 Å². The summed E-state index contributed by atoms with van der Waals surface area (Å²) in [7, 11) is -3.76. The van der Waals surface area contributed by atoms with Gasteiger partial charge in [0.25, 0.3) is 5.69 Å². The molecule has 2 aromatic rings. The molecular formula is C12H12N4O4S. The molecule has 0 N–H and O–H groups in total. The van der Waals surface area contributed by atoms with E-state index in [1.165, 1.54) is 22.5 Å². The molecule has 1 aliphatic heterocycles. The monoisotopic (exact) mass is 308 g/mol. The first-order valence-corrected chi connectivity index (χ1v) is 7.67. The number of fused-ring (bicyclic) bond motifs is 1. The van der Waals surface area contributed by atoms with E-state index in [4.69, 9.17) is 0 Å². The first-order chi connectivity index (χ1) is 9.98. The van der Waals surface area contributed by atoms with Gasteiger partial charge in [0.05, 0.1) is 16.4 Å². The zero-order valence-electron chi connectivity index (χ0n) is 10.9. The molecule has 0 amide bonds. The molecule has 0 spiro atoms. The van der Waals surface area contributed by atoms with Crippen molar-refractivity contribution in [1.82, 2.24) is 13.9 Å². The summed E-state index contributed by atoms with van der Waals surface area (Å²) in [6, 6.07) is 5.08. The topological polar surface area (TPSA) is 98.3 Å². The Hall–Kier alpha value is -2.26. The fourth-order valence-electron chi connectivity index (χ4n) is 2.26. The minimum absolute atomic E-state index is 0.0725. The molecule has 1 aromatic heterocycles. The van der Waals surface area contributed by atoms with Gasteiger partial charge in [-0.2, -0.15) is 4.31 Å².